The van der Waals surface area contributed by atoms with Crippen LogP contribution in [-0.2, 0) is 13.5 Å². The maximum Gasteiger partial charge on any atom is 0.0848 e. The largest absolute Gasteiger partial charge is 0.388 e. The number of aromatic nitrogens is 2. The Kier molecular flexibility index (Phi) is 2.88. The van der Waals surface area contributed by atoms with Gasteiger partial charge in [-0.15, -0.1) is 0 Å². The van der Waals surface area contributed by atoms with Gasteiger partial charge >= 0.3 is 0 Å². The van der Waals surface area contributed by atoms with E-state index < -0.39 is 0 Å². The smallest absolute Gasteiger partial charge is 0.0848 e. The van der Waals surface area contributed by atoms with Gasteiger partial charge in [0, 0.05) is 26.3 Å². The van der Waals surface area contributed by atoms with Crippen LogP contribution in [0.4, 0.5) is 0 Å². The van der Waals surface area contributed by atoms with Crippen LogP contribution in [0.15, 0.2) is 17.8 Å². The topological polar surface area (TPSA) is 50.1 Å². The van der Waals surface area contributed by atoms with Gasteiger partial charge in [0.1, 0.15) is 0 Å². The number of aryl methyl sites for hydroxylation is 2. The molecule has 0 aliphatic carbocycles. The lowest BCUT2D eigenvalue weighted by Gasteiger charge is -2.18. The lowest BCUT2D eigenvalue weighted by atomic mass is 10.0. The van der Waals surface area contributed by atoms with Crippen LogP contribution in [-0.4, -0.2) is 34.1 Å². The van der Waals surface area contributed by atoms with E-state index in [0.717, 1.165) is 18.7 Å². The highest BCUT2D eigenvalue weighted by molar-refractivity contribution is 5.25. The maximum atomic E-state index is 9.47. The fourth-order valence-corrected chi connectivity index (χ4v) is 1.96. The van der Waals surface area contributed by atoms with E-state index in [2.05, 4.69) is 10.4 Å². The molecular formula is C11H17N3O. The van der Waals surface area contributed by atoms with Crippen molar-refractivity contribution in [1.29, 1.82) is 0 Å². The number of β-amino-alcohol motifs (C(OH)–C–C–N with tert-alkyl or cyclic N) is 1. The van der Waals surface area contributed by atoms with Gasteiger partial charge in [0.15, 0.2) is 0 Å². The molecule has 0 fully saturated rings. The molecule has 0 amide bonds. The van der Waals surface area contributed by atoms with Crippen LogP contribution in [0.5, 0.6) is 0 Å². The van der Waals surface area contributed by atoms with Gasteiger partial charge in [-0.3, -0.25) is 4.68 Å². The number of aliphatic hydroxyl groups excluding tert-OH is 1. The van der Waals surface area contributed by atoms with Crippen molar-refractivity contribution in [3.05, 3.63) is 29.1 Å². The van der Waals surface area contributed by atoms with E-state index in [1.807, 2.05) is 30.9 Å². The van der Waals surface area contributed by atoms with Crippen LogP contribution in [0.1, 0.15) is 11.3 Å². The number of nitrogens with one attached hydrogen (secondary N) is 1. The van der Waals surface area contributed by atoms with Gasteiger partial charge in [0.25, 0.3) is 0 Å². The molecule has 0 aromatic carbocycles. The summed E-state index contributed by atoms with van der Waals surface area (Å²) in [6.45, 7) is 3.55. The molecule has 1 aromatic heterocycles. The van der Waals surface area contributed by atoms with E-state index in [9.17, 15) is 5.11 Å². The fourth-order valence-electron chi connectivity index (χ4n) is 1.96. The van der Waals surface area contributed by atoms with Gasteiger partial charge in [-0.1, -0.05) is 11.6 Å². The summed E-state index contributed by atoms with van der Waals surface area (Å²) in [7, 11) is 1.93. The summed E-state index contributed by atoms with van der Waals surface area (Å²) in [5.74, 6) is 0. The molecule has 1 atom stereocenters. The van der Waals surface area contributed by atoms with Crippen LogP contribution < -0.4 is 5.32 Å². The van der Waals surface area contributed by atoms with Crippen molar-refractivity contribution < 1.29 is 5.11 Å². The summed E-state index contributed by atoms with van der Waals surface area (Å²) in [5.41, 5.74) is 3.54. The normalized spacial score (nSPS) is 21.5. The third-order valence-electron chi connectivity index (χ3n) is 2.67. The van der Waals surface area contributed by atoms with Crippen molar-refractivity contribution in [2.24, 2.45) is 7.05 Å². The highest BCUT2D eigenvalue weighted by atomic mass is 16.3. The fraction of sp³-hybridized carbons (Fsp3) is 0.545. The van der Waals surface area contributed by atoms with Crippen LogP contribution in [0.3, 0.4) is 0 Å². The summed E-state index contributed by atoms with van der Waals surface area (Å²) in [4.78, 5) is 0. The lowest BCUT2D eigenvalue weighted by molar-refractivity contribution is 0.213. The highest BCUT2D eigenvalue weighted by Crippen LogP contribution is 2.13. The second kappa shape index (κ2) is 4.16. The van der Waals surface area contributed by atoms with Crippen molar-refractivity contribution >= 4 is 0 Å². The zero-order chi connectivity index (χ0) is 10.8. The Morgan fingerprint density at radius 1 is 1.67 bits per heavy atom. The van der Waals surface area contributed by atoms with Crippen molar-refractivity contribution in [2.75, 3.05) is 13.1 Å². The molecule has 1 aromatic rings. The zero-order valence-electron chi connectivity index (χ0n) is 9.20. The molecule has 0 saturated heterocycles. The van der Waals surface area contributed by atoms with Crippen LogP contribution in [0, 0.1) is 6.92 Å². The SMILES string of the molecule is Cc1nn(C)cc1CC1=CC(O)CNC1. The summed E-state index contributed by atoms with van der Waals surface area (Å²) in [6.07, 6.45) is 4.52. The van der Waals surface area contributed by atoms with Gasteiger partial charge in [0.05, 0.1) is 11.8 Å². The minimum Gasteiger partial charge on any atom is -0.388 e. The standard InChI is InChI=1S/C11H17N3O/c1-8-10(7-14(2)13-8)3-9-4-11(15)6-12-5-9/h4,7,11-12,15H,3,5-6H2,1-2H3. The summed E-state index contributed by atoms with van der Waals surface area (Å²) in [5, 5.41) is 17.0. The second-order valence-electron chi connectivity index (χ2n) is 4.11. The molecule has 4 heteroatoms. The summed E-state index contributed by atoms with van der Waals surface area (Å²) >= 11 is 0. The van der Waals surface area contributed by atoms with Crippen molar-refractivity contribution in [1.82, 2.24) is 15.1 Å². The number of hydrogen-bond acceptors (Lipinski definition) is 3. The second-order valence-corrected chi connectivity index (χ2v) is 4.11. The van der Waals surface area contributed by atoms with Crippen molar-refractivity contribution in [3.8, 4) is 0 Å². The minimum atomic E-state index is -0.342. The monoisotopic (exact) mass is 207 g/mol. The molecule has 2 N–H and O–H groups in total. The first kappa shape index (κ1) is 10.4. The Morgan fingerprint density at radius 2 is 2.47 bits per heavy atom. The third-order valence-corrected chi connectivity index (χ3v) is 2.67. The molecule has 2 heterocycles. The van der Waals surface area contributed by atoms with Gasteiger partial charge in [-0.2, -0.15) is 5.10 Å². The molecule has 1 unspecified atom stereocenters. The quantitative estimate of drug-likeness (QED) is 0.679. The molecule has 1 aliphatic heterocycles. The third kappa shape index (κ3) is 2.46. The average molecular weight is 207 g/mol. The Morgan fingerprint density at radius 3 is 3.07 bits per heavy atom. The first-order chi connectivity index (χ1) is 7.15. The molecule has 4 nitrogen and oxygen atoms in total. The lowest BCUT2D eigenvalue weighted by Crippen LogP contribution is -2.32. The Balaban J connectivity index is 2.11. The van der Waals surface area contributed by atoms with E-state index in [1.54, 1.807) is 0 Å². The first-order valence-electron chi connectivity index (χ1n) is 5.22. The Bertz CT molecular complexity index is 381. The number of rotatable bonds is 2. The molecule has 2 rings (SSSR count). The van der Waals surface area contributed by atoms with Gasteiger partial charge in [0.2, 0.25) is 0 Å². The Labute approximate surface area is 89.6 Å². The predicted octanol–water partition coefficient (Wildman–Crippen LogP) is 0.162. The molecule has 1 aliphatic rings. The van der Waals surface area contributed by atoms with Crippen molar-refractivity contribution in [2.45, 2.75) is 19.4 Å². The van der Waals surface area contributed by atoms with Crippen LogP contribution >= 0.6 is 0 Å². The van der Waals surface area contributed by atoms with Gasteiger partial charge in [-0.05, 0) is 18.9 Å². The van der Waals surface area contributed by atoms with Crippen molar-refractivity contribution in [3.63, 3.8) is 0 Å². The van der Waals surface area contributed by atoms with E-state index >= 15 is 0 Å². The first-order valence-corrected chi connectivity index (χ1v) is 5.22. The molecule has 0 saturated carbocycles. The van der Waals surface area contributed by atoms with E-state index in [1.165, 1.54) is 11.1 Å². The molecule has 0 spiro atoms. The molecular weight excluding hydrogens is 190 g/mol. The van der Waals surface area contributed by atoms with Crippen LogP contribution in [0.2, 0.25) is 0 Å². The van der Waals surface area contributed by atoms with Gasteiger partial charge in [-0.25, -0.2) is 0 Å². The Hall–Kier alpha value is -1.13. The molecule has 0 bridgehead atoms. The summed E-state index contributed by atoms with van der Waals surface area (Å²) < 4.78 is 1.83. The average Bonchev–Trinajstić information content (AvgIpc) is 2.45. The van der Waals surface area contributed by atoms with E-state index in [4.69, 9.17) is 0 Å². The predicted molar refractivity (Wildman–Crippen MR) is 58.6 cm³/mol. The molecule has 15 heavy (non-hydrogen) atoms. The summed E-state index contributed by atoms with van der Waals surface area (Å²) in [6, 6.07) is 0. The number of hydrogen-bond donors (Lipinski definition) is 2. The van der Waals surface area contributed by atoms with E-state index in [0.29, 0.717) is 6.54 Å². The molecule has 0 radical (unpaired) electrons. The number of aliphatic hydroxyl groups is 1. The number of nitrogens with zero attached hydrogens (tertiary/aromatic N) is 2. The zero-order valence-corrected chi connectivity index (χ0v) is 9.20. The molecule has 82 valence electrons. The highest BCUT2D eigenvalue weighted by Gasteiger charge is 2.12. The van der Waals surface area contributed by atoms with Crippen LogP contribution in [0.25, 0.3) is 0 Å². The minimum absolute atomic E-state index is 0.342. The van der Waals surface area contributed by atoms with Gasteiger partial charge < -0.3 is 10.4 Å². The van der Waals surface area contributed by atoms with E-state index in [-0.39, 0.29) is 6.10 Å². The maximum absolute atomic E-state index is 9.47.